The van der Waals surface area contributed by atoms with Crippen LogP contribution < -0.4 is 10.1 Å². The highest BCUT2D eigenvalue weighted by molar-refractivity contribution is 9.06. The molecule has 0 unspecified atom stereocenters. The minimum atomic E-state index is -1.04. The number of nitrogens with one attached hydrogen (secondary N) is 1. The molecule has 1 amide bonds. The SMILES string of the molecule is COBr.COc1cc(C(=O)O)ccc1NC=O. The Kier molecular flexibility index (Phi) is 7.74. The van der Waals surface area contributed by atoms with Gasteiger partial charge in [0.25, 0.3) is 0 Å². The summed E-state index contributed by atoms with van der Waals surface area (Å²) in [7, 11) is 2.94. The number of hydrogen-bond acceptors (Lipinski definition) is 4. The van der Waals surface area contributed by atoms with Crippen molar-refractivity contribution in [3.63, 3.8) is 0 Å². The molecule has 0 bridgehead atoms. The van der Waals surface area contributed by atoms with Crippen LogP contribution in [0.5, 0.6) is 5.75 Å². The molecule has 0 saturated carbocycles. The zero-order valence-corrected chi connectivity index (χ0v) is 10.9. The van der Waals surface area contributed by atoms with Gasteiger partial charge in [0.05, 0.1) is 41.7 Å². The van der Waals surface area contributed by atoms with Gasteiger partial charge in [0.2, 0.25) is 6.41 Å². The maximum Gasteiger partial charge on any atom is 0.335 e. The summed E-state index contributed by atoms with van der Waals surface area (Å²) in [5.41, 5.74) is 0.547. The highest BCUT2D eigenvalue weighted by atomic mass is 79.9. The van der Waals surface area contributed by atoms with E-state index in [9.17, 15) is 9.59 Å². The van der Waals surface area contributed by atoms with Crippen LogP contribution in [0.2, 0.25) is 0 Å². The lowest BCUT2D eigenvalue weighted by molar-refractivity contribution is -0.105. The Bertz CT molecular complexity index is 383. The van der Waals surface area contributed by atoms with Gasteiger partial charge in [-0.3, -0.25) is 4.79 Å². The van der Waals surface area contributed by atoms with Crippen LogP contribution in [0, 0.1) is 0 Å². The maximum atomic E-state index is 10.6. The predicted molar refractivity (Wildman–Crippen MR) is 65.6 cm³/mol. The lowest BCUT2D eigenvalue weighted by atomic mass is 10.2. The van der Waals surface area contributed by atoms with Crippen LogP contribution in [0.25, 0.3) is 0 Å². The Hall–Kier alpha value is -1.60. The molecule has 0 heterocycles. The quantitative estimate of drug-likeness (QED) is 0.830. The summed E-state index contributed by atoms with van der Waals surface area (Å²) in [5, 5.41) is 11.1. The molecule has 1 aromatic carbocycles. The average molecular weight is 306 g/mol. The van der Waals surface area contributed by atoms with Crippen molar-refractivity contribution in [2.24, 2.45) is 0 Å². The lowest BCUT2D eigenvalue weighted by Crippen LogP contribution is -2.01. The summed E-state index contributed by atoms with van der Waals surface area (Å²) in [5.74, 6) is -0.724. The van der Waals surface area contributed by atoms with E-state index in [-0.39, 0.29) is 5.56 Å². The van der Waals surface area contributed by atoms with E-state index in [2.05, 4.69) is 25.4 Å². The second kappa shape index (κ2) is 8.54. The Morgan fingerprint density at radius 3 is 2.47 bits per heavy atom. The highest BCUT2D eigenvalue weighted by Gasteiger charge is 2.07. The second-order valence-electron chi connectivity index (χ2n) is 2.64. The molecule has 0 spiro atoms. The third-order valence-corrected chi connectivity index (χ3v) is 1.66. The van der Waals surface area contributed by atoms with Gasteiger partial charge in [0, 0.05) is 0 Å². The zero-order valence-electron chi connectivity index (χ0n) is 9.27. The number of benzene rings is 1. The fraction of sp³-hybridized carbons (Fsp3) is 0.200. The number of rotatable bonds is 4. The maximum absolute atomic E-state index is 10.6. The average Bonchev–Trinajstić information content (AvgIpc) is 2.30. The number of halogens is 1. The third kappa shape index (κ3) is 5.32. The molecule has 1 rings (SSSR count). The summed E-state index contributed by atoms with van der Waals surface area (Å²) in [6.45, 7) is 0. The molecule has 1 aromatic rings. The van der Waals surface area contributed by atoms with E-state index >= 15 is 0 Å². The van der Waals surface area contributed by atoms with Crippen LogP contribution in [0.3, 0.4) is 0 Å². The van der Waals surface area contributed by atoms with Crippen LogP contribution in [0.15, 0.2) is 18.2 Å². The van der Waals surface area contributed by atoms with Crippen LogP contribution in [0.1, 0.15) is 10.4 Å². The van der Waals surface area contributed by atoms with Crippen molar-refractivity contribution in [2.75, 3.05) is 19.5 Å². The normalized spacial score (nSPS) is 8.65. The molecule has 0 aliphatic carbocycles. The van der Waals surface area contributed by atoms with Gasteiger partial charge in [-0.1, -0.05) is 0 Å². The van der Waals surface area contributed by atoms with Crippen LogP contribution in [-0.4, -0.2) is 31.7 Å². The van der Waals surface area contributed by atoms with E-state index < -0.39 is 5.97 Å². The van der Waals surface area contributed by atoms with E-state index in [1.165, 1.54) is 25.3 Å². The number of methoxy groups -OCH3 is 1. The number of carbonyl (C=O) groups is 2. The van der Waals surface area contributed by atoms with Crippen molar-refractivity contribution in [1.29, 1.82) is 0 Å². The van der Waals surface area contributed by atoms with E-state index in [1.54, 1.807) is 7.11 Å². The first-order valence-electron chi connectivity index (χ1n) is 4.37. The van der Waals surface area contributed by atoms with Crippen LogP contribution >= 0.6 is 16.3 Å². The monoisotopic (exact) mass is 305 g/mol. The molecule has 0 saturated heterocycles. The van der Waals surface area contributed by atoms with Crippen molar-refractivity contribution in [1.82, 2.24) is 0 Å². The fourth-order valence-corrected chi connectivity index (χ4v) is 1.01. The first kappa shape index (κ1) is 15.4. The lowest BCUT2D eigenvalue weighted by Gasteiger charge is -2.07. The third-order valence-electron chi connectivity index (χ3n) is 1.66. The first-order chi connectivity index (χ1) is 8.10. The van der Waals surface area contributed by atoms with Crippen molar-refractivity contribution in [3.8, 4) is 5.75 Å². The van der Waals surface area contributed by atoms with Gasteiger partial charge in [-0.2, -0.15) is 0 Å². The number of carboxylic acids is 1. The minimum Gasteiger partial charge on any atom is -0.495 e. The molecule has 94 valence electrons. The number of amides is 1. The fourth-order valence-electron chi connectivity index (χ4n) is 1.01. The summed E-state index contributed by atoms with van der Waals surface area (Å²) in [4.78, 5) is 20.8. The largest absolute Gasteiger partial charge is 0.495 e. The number of carbonyl (C=O) groups excluding carboxylic acids is 1. The molecule has 0 atom stereocenters. The van der Waals surface area contributed by atoms with Gasteiger partial charge < -0.3 is 19.0 Å². The first-order valence-corrected chi connectivity index (χ1v) is 5.01. The number of carboxylic acid groups (broad SMARTS) is 1. The Balaban J connectivity index is 0.000000770. The van der Waals surface area contributed by atoms with Gasteiger partial charge in [0.15, 0.2) is 0 Å². The van der Waals surface area contributed by atoms with Crippen molar-refractivity contribution >= 4 is 34.3 Å². The van der Waals surface area contributed by atoms with E-state index in [0.29, 0.717) is 17.8 Å². The number of anilines is 1. The second-order valence-corrected chi connectivity index (χ2v) is 3.28. The predicted octanol–water partition coefficient (Wildman–Crippen LogP) is 1.90. The Morgan fingerprint density at radius 1 is 1.47 bits per heavy atom. The zero-order chi connectivity index (χ0) is 13.3. The van der Waals surface area contributed by atoms with Crippen molar-refractivity contribution < 1.29 is 23.3 Å². The highest BCUT2D eigenvalue weighted by Crippen LogP contribution is 2.24. The van der Waals surface area contributed by atoms with Gasteiger partial charge in [-0.05, 0) is 18.2 Å². The molecule has 0 aliphatic heterocycles. The molecular formula is C10H12BrNO5. The van der Waals surface area contributed by atoms with E-state index in [4.69, 9.17) is 9.84 Å². The van der Waals surface area contributed by atoms with Crippen molar-refractivity contribution in [2.45, 2.75) is 0 Å². The number of hydrogen-bond donors (Lipinski definition) is 2. The van der Waals surface area contributed by atoms with E-state index in [0.717, 1.165) is 0 Å². The molecule has 0 aliphatic rings. The molecular weight excluding hydrogens is 294 g/mol. The van der Waals surface area contributed by atoms with Crippen LogP contribution in [0.4, 0.5) is 5.69 Å². The molecule has 17 heavy (non-hydrogen) atoms. The molecule has 6 nitrogen and oxygen atoms in total. The number of aromatic carboxylic acids is 1. The minimum absolute atomic E-state index is 0.110. The van der Waals surface area contributed by atoms with Crippen LogP contribution in [-0.2, 0) is 8.62 Å². The molecule has 0 radical (unpaired) electrons. The Labute approximate surface area is 107 Å². The van der Waals surface area contributed by atoms with Gasteiger partial charge in [-0.25, -0.2) is 4.79 Å². The van der Waals surface area contributed by atoms with Gasteiger partial charge in [0.1, 0.15) is 5.75 Å². The summed E-state index contributed by atoms with van der Waals surface area (Å²) >= 11 is 2.65. The standard InChI is InChI=1S/C9H9NO4.CH3BrO/c1-14-8-4-6(9(12)13)2-3-7(8)10-5-11;1-3-2/h2-5H,1H3,(H,10,11)(H,12,13);1H3. The van der Waals surface area contributed by atoms with Gasteiger partial charge >= 0.3 is 5.97 Å². The van der Waals surface area contributed by atoms with E-state index in [1.807, 2.05) is 0 Å². The Morgan fingerprint density at radius 2 is 2.06 bits per heavy atom. The topological polar surface area (TPSA) is 84.9 Å². The number of ether oxygens (including phenoxy) is 1. The van der Waals surface area contributed by atoms with Gasteiger partial charge in [-0.15, -0.1) is 0 Å². The summed E-state index contributed by atoms with van der Waals surface area (Å²) in [6, 6.07) is 4.20. The summed E-state index contributed by atoms with van der Waals surface area (Å²) < 4.78 is 8.97. The summed E-state index contributed by atoms with van der Waals surface area (Å²) in [6.07, 6.45) is 0.498. The van der Waals surface area contributed by atoms with Crippen molar-refractivity contribution in [3.05, 3.63) is 23.8 Å². The molecule has 7 heteroatoms. The molecule has 0 aromatic heterocycles. The molecule has 0 fully saturated rings. The smallest absolute Gasteiger partial charge is 0.335 e. The molecule has 2 N–H and O–H groups in total.